The molecule has 0 fully saturated rings. The number of carbonyl (C=O) groups is 2. The second-order valence-electron chi connectivity index (χ2n) is 5.20. The Morgan fingerprint density at radius 2 is 1.92 bits per heavy atom. The summed E-state index contributed by atoms with van der Waals surface area (Å²) in [5.74, 6) is -3.49. The fraction of sp³-hybridized carbons (Fsp3) is 0.176. The number of carboxylic acid groups (broad SMARTS) is 1. The van der Waals surface area contributed by atoms with Gasteiger partial charge in [0, 0.05) is 17.5 Å². The summed E-state index contributed by atoms with van der Waals surface area (Å²) in [4.78, 5) is 23.3. The second-order valence-corrected chi connectivity index (χ2v) is 5.64. The highest BCUT2D eigenvalue weighted by Gasteiger charge is 2.21. The molecule has 2 N–H and O–H groups in total. The van der Waals surface area contributed by atoms with Crippen molar-refractivity contribution in [2.24, 2.45) is 0 Å². The third kappa shape index (κ3) is 5.03. The molecule has 0 spiro atoms. The minimum atomic E-state index is -1.22. The summed E-state index contributed by atoms with van der Waals surface area (Å²) < 4.78 is 26.4. The Morgan fingerprint density at radius 3 is 2.54 bits per heavy atom. The first kappa shape index (κ1) is 17.9. The first-order valence-corrected chi connectivity index (χ1v) is 7.43. The van der Waals surface area contributed by atoms with Gasteiger partial charge in [-0.25, -0.2) is 13.6 Å². The monoisotopic (exact) mass is 353 g/mol. The zero-order valence-electron chi connectivity index (χ0n) is 12.4. The number of aliphatic carboxylic acids is 1. The number of carboxylic acids is 1. The first-order chi connectivity index (χ1) is 11.3. The molecule has 7 heteroatoms. The highest BCUT2D eigenvalue weighted by atomic mass is 35.5. The van der Waals surface area contributed by atoms with Crippen LogP contribution in [0, 0.1) is 11.6 Å². The van der Waals surface area contributed by atoms with Crippen LogP contribution in [0.3, 0.4) is 0 Å². The fourth-order valence-electron chi connectivity index (χ4n) is 2.18. The van der Waals surface area contributed by atoms with Gasteiger partial charge in [-0.2, -0.15) is 0 Å². The summed E-state index contributed by atoms with van der Waals surface area (Å²) in [6.45, 7) is 0. The van der Waals surface area contributed by atoms with Gasteiger partial charge >= 0.3 is 5.97 Å². The van der Waals surface area contributed by atoms with E-state index in [-0.39, 0.29) is 18.4 Å². The molecule has 0 aliphatic heterocycles. The maximum atomic E-state index is 13.5. The molecule has 0 saturated carbocycles. The Labute approximate surface area is 142 Å². The number of halogens is 3. The van der Waals surface area contributed by atoms with Crippen LogP contribution in [-0.4, -0.2) is 23.0 Å². The molecule has 0 bridgehead atoms. The molecule has 1 amide bonds. The van der Waals surface area contributed by atoms with Gasteiger partial charge in [-0.1, -0.05) is 29.8 Å². The molecule has 1 atom stereocenters. The molecular formula is C17H14ClF2NO3. The topological polar surface area (TPSA) is 66.4 Å². The van der Waals surface area contributed by atoms with Gasteiger partial charge in [0.2, 0.25) is 5.91 Å². The van der Waals surface area contributed by atoms with Crippen molar-refractivity contribution < 1.29 is 23.5 Å². The van der Waals surface area contributed by atoms with Crippen molar-refractivity contribution in [2.75, 3.05) is 0 Å². The molecule has 2 aromatic carbocycles. The zero-order chi connectivity index (χ0) is 17.7. The Bertz CT molecular complexity index is 767. The molecule has 0 aliphatic rings. The van der Waals surface area contributed by atoms with E-state index in [1.165, 1.54) is 0 Å². The predicted octanol–water partition coefficient (Wildman–Crippen LogP) is 2.97. The van der Waals surface area contributed by atoms with E-state index < -0.39 is 29.6 Å². The third-order valence-corrected chi connectivity index (χ3v) is 3.56. The molecule has 2 rings (SSSR count). The number of benzene rings is 2. The smallest absolute Gasteiger partial charge is 0.326 e. The zero-order valence-corrected chi connectivity index (χ0v) is 13.2. The summed E-state index contributed by atoms with van der Waals surface area (Å²) >= 11 is 5.84. The van der Waals surface area contributed by atoms with Gasteiger partial charge in [0.15, 0.2) is 0 Å². The van der Waals surface area contributed by atoms with Crippen molar-refractivity contribution in [3.63, 3.8) is 0 Å². The summed E-state index contributed by atoms with van der Waals surface area (Å²) in [6, 6.07) is 8.28. The Balaban J connectivity index is 2.04. The van der Waals surface area contributed by atoms with Crippen molar-refractivity contribution in [1.29, 1.82) is 0 Å². The van der Waals surface area contributed by atoms with Crippen molar-refractivity contribution in [2.45, 2.75) is 18.9 Å². The van der Waals surface area contributed by atoms with Crippen LogP contribution in [0.2, 0.25) is 5.02 Å². The standard InChI is InChI=1S/C17H14ClF2NO3/c18-12-3-1-2-10(6-12)7-15(17(23)24)21-16(22)8-11-4-5-13(19)9-14(11)20/h1-6,9,15H,7-8H2,(H,21,22)(H,23,24)/t15-/m1/s1. The highest BCUT2D eigenvalue weighted by molar-refractivity contribution is 6.30. The molecule has 0 saturated heterocycles. The van der Waals surface area contributed by atoms with E-state index in [2.05, 4.69) is 5.32 Å². The summed E-state index contributed by atoms with van der Waals surface area (Å²) in [5, 5.41) is 12.0. The lowest BCUT2D eigenvalue weighted by Crippen LogP contribution is -2.43. The van der Waals surface area contributed by atoms with Gasteiger partial charge in [-0.05, 0) is 29.3 Å². The predicted molar refractivity (Wildman–Crippen MR) is 84.8 cm³/mol. The van der Waals surface area contributed by atoms with Crippen molar-refractivity contribution in [1.82, 2.24) is 5.32 Å². The van der Waals surface area contributed by atoms with Crippen LogP contribution < -0.4 is 5.32 Å². The van der Waals surface area contributed by atoms with E-state index in [1.807, 2.05) is 0 Å². The van der Waals surface area contributed by atoms with Crippen LogP contribution >= 0.6 is 11.6 Å². The van der Waals surface area contributed by atoms with E-state index in [0.29, 0.717) is 16.7 Å². The Hall–Kier alpha value is -2.47. The van der Waals surface area contributed by atoms with E-state index in [4.69, 9.17) is 11.6 Å². The fourth-order valence-corrected chi connectivity index (χ4v) is 2.40. The second kappa shape index (κ2) is 7.88. The van der Waals surface area contributed by atoms with Gasteiger partial charge in [0.05, 0.1) is 6.42 Å². The SMILES string of the molecule is O=C(Cc1ccc(F)cc1F)N[C@H](Cc1cccc(Cl)c1)C(=O)O. The number of carbonyl (C=O) groups excluding carboxylic acids is 1. The molecule has 0 radical (unpaired) electrons. The molecule has 0 heterocycles. The molecule has 0 aromatic heterocycles. The van der Waals surface area contributed by atoms with Crippen molar-refractivity contribution in [3.05, 3.63) is 70.2 Å². The van der Waals surface area contributed by atoms with Crippen LogP contribution in [0.15, 0.2) is 42.5 Å². The number of amides is 1. The quantitative estimate of drug-likeness (QED) is 0.839. The number of rotatable bonds is 6. The normalized spacial score (nSPS) is 11.8. The van der Waals surface area contributed by atoms with Gasteiger partial charge in [-0.15, -0.1) is 0 Å². The first-order valence-electron chi connectivity index (χ1n) is 7.05. The lowest BCUT2D eigenvalue weighted by Gasteiger charge is -2.15. The van der Waals surface area contributed by atoms with Gasteiger partial charge in [0.1, 0.15) is 17.7 Å². The van der Waals surface area contributed by atoms with E-state index in [0.717, 1.165) is 12.1 Å². The largest absolute Gasteiger partial charge is 0.480 e. The van der Waals surface area contributed by atoms with E-state index >= 15 is 0 Å². The molecule has 0 unspecified atom stereocenters. The highest BCUT2D eigenvalue weighted by Crippen LogP contribution is 2.13. The summed E-state index contributed by atoms with van der Waals surface area (Å²) in [7, 11) is 0. The van der Waals surface area contributed by atoms with Gasteiger partial charge < -0.3 is 10.4 Å². The Morgan fingerprint density at radius 1 is 1.17 bits per heavy atom. The van der Waals surface area contributed by atoms with Crippen LogP contribution in [0.25, 0.3) is 0 Å². The maximum Gasteiger partial charge on any atom is 0.326 e. The molecule has 126 valence electrons. The molecule has 2 aromatic rings. The third-order valence-electron chi connectivity index (χ3n) is 3.33. The minimum absolute atomic E-state index is 0.0132. The van der Waals surface area contributed by atoms with Gasteiger partial charge in [-0.3, -0.25) is 4.79 Å². The summed E-state index contributed by atoms with van der Waals surface area (Å²) in [6.07, 6.45) is -0.348. The lowest BCUT2D eigenvalue weighted by atomic mass is 10.1. The lowest BCUT2D eigenvalue weighted by molar-refractivity contribution is -0.141. The number of hydrogen-bond acceptors (Lipinski definition) is 2. The average molecular weight is 354 g/mol. The molecule has 4 nitrogen and oxygen atoms in total. The van der Waals surface area contributed by atoms with Crippen molar-refractivity contribution >= 4 is 23.5 Å². The van der Waals surface area contributed by atoms with Gasteiger partial charge in [0.25, 0.3) is 0 Å². The van der Waals surface area contributed by atoms with Crippen LogP contribution in [-0.2, 0) is 22.4 Å². The van der Waals surface area contributed by atoms with E-state index in [1.54, 1.807) is 24.3 Å². The number of hydrogen-bond donors (Lipinski definition) is 2. The molecule has 24 heavy (non-hydrogen) atoms. The Kier molecular flexibility index (Phi) is 5.87. The van der Waals surface area contributed by atoms with E-state index in [9.17, 15) is 23.5 Å². The minimum Gasteiger partial charge on any atom is -0.480 e. The van der Waals surface area contributed by atoms with Crippen LogP contribution in [0.5, 0.6) is 0 Å². The molecule has 0 aliphatic carbocycles. The van der Waals surface area contributed by atoms with Crippen LogP contribution in [0.4, 0.5) is 8.78 Å². The van der Waals surface area contributed by atoms with Crippen molar-refractivity contribution in [3.8, 4) is 0 Å². The number of nitrogens with one attached hydrogen (secondary N) is 1. The maximum absolute atomic E-state index is 13.5. The van der Waals surface area contributed by atoms with Crippen LogP contribution in [0.1, 0.15) is 11.1 Å². The summed E-state index contributed by atoms with van der Waals surface area (Å²) in [5.41, 5.74) is 0.629. The average Bonchev–Trinajstić information content (AvgIpc) is 2.49. The molecular weight excluding hydrogens is 340 g/mol.